The van der Waals surface area contributed by atoms with Gasteiger partial charge >= 0.3 is 0 Å². The highest BCUT2D eigenvalue weighted by Gasteiger charge is 2.25. The van der Waals surface area contributed by atoms with Crippen molar-refractivity contribution in [3.8, 4) is 12.2 Å². The third kappa shape index (κ3) is 9.63. The fraction of sp³-hybridized carbons (Fsp3) is 0.867. The predicted octanol–water partition coefficient (Wildman–Crippen LogP) is 2.96. The normalized spacial score (nSPS) is 14.5. The molecule has 0 aliphatic heterocycles. The minimum atomic E-state index is -0.338. The Hall–Kier alpha value is -0.920. The summed E-state index contributed by atoms with van der Waals surface area (Å²) < 4.78 is 21.7. The molecule has 0 N–H and O–H groups in total. The molecule has 112 valence electrons. The van der Waals surface area contributed by atoms with E-state index in [1.807, 2.05) is 48.5 Å². The van der Waals surface area contributed by atoms with Gasteiger partial charge in [-0.25, -0.2) is 0 Å². The van der Waals surface area contributed by atoms with Crippen molar-refractivity contribution in [1.29, 1.82) is 0 Å². The minimum absolute atomic E-state index is 0.0743. The third-order valence-electron chi connectivity index (χ3n) is 2.40. The average molecular weight is 272 g/mol. The molecule has 0 saturated carbocycles. The number of hydrogen-bond donors (Lipinski definition) is 0. The molecule has 0 aliphatic carbocycles. The molecule has 2 unspecified atom stereocenters. The van der Waals surface area contributed by atoms with Crippen molar-refractivity contribution in [2.45, 2.75) is 72.4 Å². The van der Waals surface area contributed by atoms with Crippen LogP contribution in [0, 0.1) is 12.2 Å². The van der Waals surface area contributed by atoms with Crippen LogP contribution in [0.25, 0.3) is 0 Å². The van der Waals surface area contributed by atoms with Crippen molar-refractivity contribution in [2.75, 3.05) is 13.2 Å². The summed E-state index contributed by atoms with van der Waals surface area (Å²) in [5, 5.41) is 0. The Kier molecular flexibility index (Phi) is 8.62. The average Bonchev–Trinajstić information content (AvgIpc) is 2.31. The first kappa shape index (κ1) is 18.1. The molecule has 4 heteroatoms. The molecule has 0 aromatic carbocycles. The predicted molar refractivity (Wildman–Crippen MR) is 75.7 cm³/mol. The van der Waals surface area contributed by atoms with Gasteiger partial charge in [0.2, 0.25) is 0 Å². The lowest BCUT2D eigenvalue weighted by Gasteiger charge is -2.30. The molecule has 0 radical (unpaired) electrons. The lowest BCUT2D eigenvalue weighted by atomic mass is 10.1. The van der Waals surface area contributed by atoms with Crippen LogP contribution in [0.1, 0.15) is 48.5 Å². The van der Waals surface area contributed by atoms with Crippen molar-refractivity contribution in [2.24, 2.45) is 0 Å². The van der Waals surface area contributed by atoms with Gasteiger partial charge in [-0.1, -0.05) is 0 Å². The summed E-state index contributed by atoms with van der Waals surface area (Å²) >= 11 is 0. The van der Waals surface area contributed by atoms with Crippen molar-refractivity contribution in [1.82, 2.24) is 0 Å². The molecule has 19 heavy (non-hydrogen) atoms. The van der Waals surface area contributed by atoms with E-state index in [0.29, 0.717) is 13.2 Å². The molecule has 0 amide bonds. The summed E-state index contributed by atoms with van der Waals surface area (Å²) in [7, 11) is 0. The van der Waals surface area contributed by atoms with E-state index >= 15 is 0 Å². The highest BCUT2D eigenvalue weighted by molar-refractivity contribution is 4.84. The van der Waals surface area contributed by atoms with E-state index in [2.05, 4.69) is 12.2 Å². The minimum Gasteiger partial charge on any atom is -0.442 e. The first-order valence-corrected chi connectivity index (χ1v) is 6.85. The van der Waals surface area contributed by atoms with Crippen molar-refractivity contribution in [3.63, 3.8) is 0 Å². The van der Waals surface area contributed by atoms with E-state index in [1.54, 1.807) is 0 Å². The molecule has 0 spiro atoms. The van der Waals surface area contributed by atoms with Gasteiger partial charge in [0.1, 0.15) is 12.2 Å². The van der Waals surface area contributed by atoms with E-state index in [4.69, 9.17) is 18.9 Å². The maximum Gasteiger partial charge on any atom is 0.155 e. The molecule has 0 bridgehead atoms. The van der Waals surface area contributed by atoms with Gasteiger partial charge in [-0.05, 0) is 48.5 Å². The van der Waals surface area contributed by atoms with E-state index in [9.17, 15) is 0 Å². The maximum atomic E-state index is 5.92. The van der Waals surface area contributed by atoms with E-state index in [1.165, 1.54) is 0 Å². The summed E-state index contributed by atoms with van der Waals surface area (Å²) in [5.74, 6) is 0. The lowest BCUT2D eigenvalue weighted by Crippen LogP contribution is -2.38. The van der Waals surface area contributed by atoms with Gasteiger partial charge in [0, 0.05) is 6.61 Å². The Bertz CT molecular complexity index is 288. The Morgan fingerprint density at radius 1 is 0.947 bits per heavy atom. The standard InChI is InChI=1S/C15H28O4/c1-8-16-11-15(6,7)19-14(5)13(4)18-10-9-17-12(2)3/h12-14H,8,11H2,1-7H3. The monoisotopic (exact) mass is 272 g/mol. The summed E-state index contributed by atoms with van der Waals surface area (Å²) in [5.41, 5.74) is -0.338. The summed E-state index contributed by atoms with van der Waals surface area (Å²) in [6.07, 6.45) is 4.92. The van der Waals surface area contributed by atoms with Crippen LogP contribution >= 0.6 is 0 Å². The molecular formula is C15H28O4. The second-order valence-electron chi connectivity index (χ2n) is 5.41. The lowest BCUT2D eigenvalue weighted by molar-refractivity contribution is -0.134. The first-order chi connectivity index (χ1) is 8.78. The van der Waals surface area contributed by atoms with Gasteiger partial charge in [0.05, 0.1) is 18.3 Å². The van der Waals surface area contributed by atoms with Gasteiger partial charge in [-0.2, -0.15) is 0 Å². The quantitative estimate of drug-likeness (QED) is 0.637. The van der Waals surface area contributed by atoms with Gasteiger partial charge in [-0.3, -0.25) is 0 Å². The molecule has 2 atom stereocenters. The first-order valence-electron chi connectivity index (χ1n) is 6.85. The summed E-state index contributed by atoms with van der Waals surface area (Å²) in [6.45, 7) is 14.9. The van der Waals surface area contributed by atoms with Crippen LogP contribution in [0.4, 0.5) is 0 Å². The largest absolute Gasteiger partial charge is 0.442 e. The van der Waals surface area contributed by atoms with Gasteiger partial charge < -0.3 is 18.9 Å². The van der Waals surface area contributed by atoms with Gasteiger partial charge in [0.25, 0.3) is 0 Å². The number of rotatable bonds is 8. The highest BCUT2D eigenvalue weighted by atomic mass is 16.6. The Morgan fingerprint density at radius 2 is 1.53 bits per heavy atom. The van der Waals surface area contributed by atoms with Crippen LogP contribution in [0.2, 0.25) is 0 Å². The zero-order valence-electron chi connectivity index (χ0n) is 13.3. The molecule has 0 heterocycles. The Balaban J connectivity index is 4.10. The molecule has 0 rings (SSSR count). The second-order valence-corrected chi connectivity index (χ2v) is 5.41. The number of ether oxygens (including phenoxy) is 4. The van der Waals surface area contributed by atoms with Crippen LogP contribution in [0.3, 0.4) is 0 Å². The van der Waals surface area contributed by atoms with E-state index in [0.717, 1.165) is 0 Å². The zero-order chi connectivity index (χ0) is 14.9. The topological polar surface area (TPSA) is 36.9 Å². The van der Waals surface area contributed by atoms with Crippen LogP contribution in [0.5, 0.6) is 0 Å². The maximum absolute atomic E-state index is 5.92. The van der Waals surface area contributed by atoms with Crippen molar-refractivity contribution in [3.05, 3.63) is 0 Å². The molecule has 0 aliphatic rings. The van der Waals surface area contributed by atoms with Crippen molar-refractivity contribution < 1.29 is 18.9 Å². The number of hydrogen-bond acceptors (Lipinski definition) is 4. The van der Waals surface area contributed by atoms with Crippen LogP contribution in [-0.4, -0.2) is 37.1 Å². The third-order valence-corrected chi connectivity index (χ3v) is 2.40. The molecule has 0 aromatic rings. The van der Waals surface area contributed by atoms with E-state index < -0.39 is 0 Å². The van der Waals surface area contributed by atoms with Gasteiger partial charge in [-0.15, -0.1) is 0 Å². The summed E-state index contributed by atoms with van der Waals surface area (Å²) in [4.78, 5) is 0. The highest BCUT2D eigenvalue weighted by Crippen LogP contribution is 2.16. The zero-order valence-corrected chi connectivity index (χ0v) is 13.3. The van der Waals surface area contributed by atoms with Crippen molar-refractivity contribution >= 4 is 0 Å². The molecule has 0 aromatic heterocycles. The van der Waals surface area contributed by atoms with Crippen LogP contribution in [-0.2, 0) is 18.9 Å². The SMILES string of the molecule is CCOCC(C)(C)OC(C)C(C)OC#COC(C)C. The smallest absolute Gasteiger partial charge is 0.155 e. The second kappa shape index (κ2) is 9.06. The fourth-order valence-corrected chi connectivity index (χ4v) is 1.34. The van der Waals surface area contributed by atoms with Gasteiger partial charge in [0.15, 0.2) is 12.2 Å². The molecular weight excluding hydrogens is 244 g/mol. The Morgan fingerprint density at radius 3 is 2.05 bits per heavy atom. The fourth-order valence-electron chi connectivity index (χ4n) is 1.34. The molecule has 0 fully saturated rings. The summed E-state index contributed by atoms with van der Waals surface area (Å²) in [6, 6.07) is 0. The molecule has 0 saturated heterocycles. The molecule has 4 nitrogen and oxygen atoms in total. The van der Waals surface area contributed by atoms with E-state index in [-0.39, 0.29) is 23.9 Å². The van der Waals surface area contributed by atoms with Crippen LogP contribution in [0.15, 0.2) is 0 Å². The Labute approximate surface area is 117 Å². The van der Waals surface area contributed by atoms with Crippen LogP contribution < -0.4 is 0 Å².